The minimum Gasteiger partial charge on any atom is -0.389 e. The molecule has 0 N–H and O–H groups in total. The normalized spacial score (nSPS) is 15.0. The van der Waals surface area contributed by atoms with Gasteiger partial charge in [0.15, 0.2) is 0 Å². The molecule has 68 valence electrons. The Balaban J connectivity index is 4.19. The Morgan fingerprint density at radius 1 is 1.27 bits per heavy atom. The van der Waals surface area contributed by atoms with Gasteiger partial charge >= 0.3 is 6.06 Å². The summed E-state index contributed by atoms with van der Waals surface area (Å²) in [5, 5.41) is 0. The Hall–Kier alpha value is 0.827. The molecule has 0 fully saturated rings. The van der Waals surface area contributed by atoms with Crippen LogP contribution in [0.1, 0.15) is 13.3 Å². The average Bonchev–Trinajstić information content (AvgIpc) is 2.06. The Labute approximate surface area is 81.9 Å². The van der Waals surface area contributed by atoms with Crippen LogP contribution in [-0.4, -0.2) is 33.1 Å². The second kappa shape index (κ2) is 5.47. The Morgan fingerprint density at radius 3 is 1.82 bits per heavy atom. The molecule has 0 radical (unpaired) electrons. The highest BCUT2D eigenvalue weighted by Crippen LogP contribution is 2.23. The molecule has 0 aromatic heterocycles. The largest absolute Gasteiger partial charge is 0.437 e. The Morgan fingerprint density at radius 2 is 1.73 bits per heavy atom. The molecule has 0 spiro atoms. The van der Waals surface area contributed by atoms with Crippen molar-refractivity contribution in [3.63, 3.8) is 0 Å². The van der Waals surface area contributed by atoms with E-state index in [1.54, 1.807) is 21.3 Å². The number of rotatable bonds is 5. The molecule has 0 aliphatic rings. The molecular weight excluding hydrogens is 275 g/mol. The van der Waals surface area contributed by atoms with Crippen LogP contribution in [0.15, 0.2) is 0 Å². The van der Waals surface area contributed by atoms with Crippen molar-refractivity contribution >= 4 is 27.9 Å². The lowest BCUT2D eigenvalue weighted by Crippen LogP contribution is -2.47. The molecular formula is C6H15IO3Si. The zero-order valence-corrected chi connectivity index (χ0v) is 10.5. The third-order valence-corrected chi connectivity index (χ3v) is 8.85. The summed E-state index contributed by atoms with van der Waals surface area (Å²) in [6.07, 6.45) is 0.924. The highest BCUT2D eigenvalue weighted by atomic mass is 127. The first-order chi connectivity index (χ1) is 5.14. The number of methoxy groups -OCH3 is 1. The molecule has 1 unspecified atom stereocenters. The van der Waals surface area contributed by atoms with Crippen molar-refractivity contribution in [3.8, 4) is 0 Å². The van der Waals surface area contributed by atoms with E-state index < -0.39 is 6.06 Å². The van der Waals surface area contributed by atoms with Gasteiger partial charge in [-0.15, -0.1) is 0 Å². The second-order valence-corrected chi connectivity index (χ2v) is 9.26. The molecule has 0 amide bonds. The van der Waals surface area contributed by atoms with Gasteiger partial charge in [0.25, 0.3) is 0 Å². The van der Waals surface area contributed by atoms with Crippen molar-refractivity contribution in [2.24, 2.45) is 0 Å². The van der Waals surface area contributed by atoms with Gasteiger partial charge in [-0.25, -0.2) is 0 Å². The number of hydrogen-bond acceptors (Lipinski definition) is 3. The van der Waals surface area contributed by atoms with Gasteiger partial charge in [-0.05, 0) is 28.2 Å². The molecule has 0 heterocycles. The maximum absolute atomic E-state index is 5.31. The third-order valence-electron chi connectivity index (χ3n) is 1.60. The Bertz CT molecular complexity index is 104. The van der Waals surface area contributed by atoms with Gasteiger partial charge in [0.2, 0.25) is 0 Å². The van der Waals surface area contributed by atoms with Crippen LogP contribution < -0.4 is 0 Å². The van der Waals surface area contributed by atoms with E-state index >= 15 is 0 Å². The summed E-state index contributed by atoms with van der Waals surface area (Å²) in [7, 11) is 5.03. The van der Waals surface area contributed by atoms with Crippen molar-refractivity contribution in [2.45, 2.75) is 19.1 Å². The molecule has 11 heavy (non-hydrogen) atoms. The minimum absolute atomic E-state index is 0.109. The van der Waals surface area contributed by atoms with Crippen LogP contribution >= 0.6 is 21.8 Å². The Kier molecular flexibility index (Phi) is 5.88. The molecule has 0 rings (SSSR count). The summed E-state index contributed by atoms with van der Waals surface area (Å²) >= 11 is 2.23. The number of ether oxygens (including phenoxy) is 1. The molecule has 5 heteroatoms. The molecule has 3 nitrogen and oxygen atoms in total. The predicted octanol–water partition coefficient (Wildman–Crippen LogP) is 1.62. The van der Waals surface area contributed by atoms with Crippen LogP contribution in [0, 0.1) is 0 Å². The number of halogens is 1. The van der Waals surface area contributed by atoms with Crippen LogP contribution in [0.3, 0.4) is 0 Å². The molecule has 0 aliphatic carbocycles. The first kappa shape index (κ1) is 11.8. The summed E-state index contributed by atoms with van der Waals surface area (Å²) in [6.45, 7) is 2.06. The van der Waals surface area contributed by atoms with Gasteiger partial charge in [-0.3, -0.25) is 0 Å². The highest BCUT2D eigenvalue weighted by molar-refractivity contribution is 14.1. The zero-order chi connectivity index (χ0) is 8.91. The predicted molar refractivity (Wildman–Crippen MR) is 54.9 cm³/mol. The monoisotopic (exact) mass is 290 g/mol. The number of hydrogen-bond donors (Lipinski definition) is 0. The standard InChI is InChI=1S/C6H15IO3Si/c1-5-6(8-2)11(7,9-3)10-4/h6H,5H2,1-4H3. The van der Waals surface area contributed by atoms with Gasteiger partial charge in [0, 0.05) is 21.3 Å². The SMILES string of the molecule is CCC(OC)[Si](I)(OC)OC. The van der Waals surface area contributed by atoms with E-state index in [9.17, 15) is 0 Å². The first-order valence-electron chi connectivity index (χ1n) is 3.46. The fraction of sp³-hybridized carbons (Fsp3) is 1.00. The van der Waals surface area contributed by atoms with Gasteiger partial charge < -0.3 is 13.6 Å². The lowest BCUT2D eigenvalue weighted by Gasteiger charge is -2.27. The quantitative estimate of drug-likeness (QED) is 0.437. The zero-order valence-electron chi connectivity index (χ0n) is 7.39. The maximum Gasteiger partial charge on any atom is 0.437 e. The third kappa shape index (κ3) is 2.98. The first-order valence-corrected chi connectivity index (χ1v) is 8.47. The fourth-order valence-corrected chi connectivity index (χ4v) is 4.44. The van der Waals surface area contributed by atoms with Crippen molar-refractivity contribution < 1.29 is 13.6 Å². The van der Waals surface area contributed by atoms with E-state index in [0.29, 0.717) is 0 Å². The summed E-state index contributed by atoms with van der Waals surface area (Å²) in [5.41, 5.74) is 0.109. The smallest absolute Gasteiger partial charge is 0.389 e. The lowest BCUT2D eigenvalue weighted by atomic mass is 10.5. The summed E-state index contributed by atoms with van der Waals surface area (Å²) in [5.74, 6) is 0. The minimum atomic E-state index is -2.08. The maximum atomic E-state index is 5.31. The van der Waals surface area contributed by atoms with Crippen molar-refractivity contribution in [2.75, 3.05) is 21.3 Å². The van der Waals surface area contributed by atoms with E-state index in [2.05, 4.69) is 28.7 Å². The lowest BCUT2D eigenvalue weighted by molar-refractivity contribution is 0.109. The molecule has 0 saturated carbocycles. The van der Waals surface area contributed by atoms with Gasteiger partial charge in [0.05, 0.1) is 0 Å². The summed E-state index contributed by atoms with van der Waals surface area (Å²) in [6, 6.07) is -2.08. The summed E-state index contributed by atoms with van der Waals surface area (Å²) in [4.78, 5) is 0. The van der Waals surface area contributed by atoms with Crippen LogP contribution in [-0.2, 0) is 13.6 Å². The molecule has 0 bridgehead atoms. The fourth-order valence-electron chi connectivity index (χ4n) is 0.897. The molecule has 0 aromatic rings. The van der Waals surface area contributed by atoms with Gasteiger partial charge in [-0.1, -0.05) is 6.92 Å². The van der Waals surface area contributed by atoms with E-state index in [4.69, 9.17) is 13.6 Å². The average molecular weight is 290 g/mol. The van der Waals surface area contributed by atoms with Gasteiger partial charge in [0.1, 0.15) is 5.73 Å². The van der Waals surface area contributed by atoms with Crippen molar-refractivity contribution in [1.82, 2.24) is 0 Å². The van der Waals surface area contributed by atoms with Crippen LogP contribution in [0.4, 0.5) is 0 Å². The van der Waals surface area contributed by atoms with Crippen LogP contribution in [0.25, 0.3) is 0 Å². The summed E-state index contributed by atoms with van der Waals surface area (Å²) < 4.78 is 15.9. The van der Waals surface area contributed by atoms with Crippen molar-refractivity contribution in [1.29, 1.82) is 0 Å². The van der Waals surface area contributed by atoms with E-state index in [0.717, 1.165) is 6.42 Å². The van der Waals surface area contributed by atoms with Crippen LogP contribution in [0.2, 0.25) is 0 Å². The van der Waals surface area contributed by atoms with E-state index in [1.165, 1.54) is 0 Å². The van der Waals surface area contributed by atoms with Gasteiger partial charge in [-0.2, -0.15) is 0 Å². The molecule has 1 atom stereocenters. The second-order valence-electron chi connectivity index (χ2n) is 2.12. The highest BCUT2D eigenvalue weighted by Gasteiger charge is 2.41. The topological polar surface area (TPSA) is 27.7 Å². The molecule has 0 aliphatic heterocycles. The van der Waals surface area contributed by atoms with Crippen molar-refractivity contribution in [3.05, 3.63) is 0 Å². The van der Waals surface area contributed by atoms with E-state index in [-0.39, 0.29) is 5.73 Å². The van der Waals surface area contributed by atoms with Crippen LogP contribution in [0.5, 0.6) is 0 Å². The molecule has 0 saturated heterocycles. The molecule has 0 aromatic carbocycles. The van der Waals surface area contributed by atoms with E-state index in [1.807, 2.05) is 0 Å².